The molecule has 1 aromatic heterocycles. The summed E-state index contributed by atoms with van der Waals surface area (Å²) >= 11 is 0. The number of carbonyl (C=O) groups excluding carboxylic acids is 1. The van der Waals surface area contributed by atoms with E-state index in [1.165, 1.54) is 12.8 Å². The van der Waals surface area contributed by atoms with E-state index in [1.54, 1.807) is 0 Å². The Morgan fingerprint density at radius 3 is 3.05 bits per heavy atom. The molecule has 1 amide bonds. The Hall–Kier alpha value is -2.35. The number of hydrogen-bond acceptors (Lipinski definition) is 3. The average Bonchev–Trinajstić information content (AvgIpc) is 3.19. The lowest BCUT2D eigenvalue weighted by molar-refractivity contribution is -0.120. The number of aryl methyl sites for hydroxylation is 1. The summed E-state index contributed by atoms with van der Waals surface area (Å²) in [5.41, 5.74) is 3.14. The summed E-state index contributed by atoms with van der Waals surface area (Å²) in [5, 5.41) is 11.2. The van der Waals surface area contributed by atoms with E-state index >= 15 is 0 Å². The molecule has 1 saturated carbocycles. The number of carbonyl (C=O) groups is 1. The summed E-state index contributed by atoms with van der Waals surface area (Å²) in [7, 11) is 0. The summed E-state index contributed by atoms with van der Waals surface area (Å²) in [4.78, 5) is 15.9. The first-order chi connectivity index (χ1) is 9.69. The number of nitrogens with one attached hydrogen (secondary N) is 1. The van der Waals surface area contributed by atoms with Crippen LogP contribution in [0.3, 0.4) is 0 Å². The zero-order valence-corrected chi connectivity index (χ0v) is 11.4. The van der Waals surface area contributed by atoms with Gasteiger partial charge in [-0.05, 0) is 37.5 Å². The van der Waals surface area contributed by atoms with Gasteiger partial charge in [-0.1, -0.05) is 6.07 Å². The third kappa shape index (κ3) is 2.37. The van der Waals surface area contributed by atoms with Crippen LogP contribution in [0.4, 0.5) is 0 Å². The highest BCUT2D eigenvalue weighted by molar-refractivity contribution is 5.79. The molecule has 1 heterocycles. The molecule has 102 valence electrons. The number of rotatable bonds is 4. The number of hydrogen-bond donors (Lipinski definition) is 1. The van der Waals surface area contributed by atoms with Gasteiger partial charge in [-0.2, -0.15) is 5.26 Å². The van der Waals surface area contributed by atoms with E-state index in [9.17, 15) is 4.79 Å². The number of imidazole rings is 1. The van der Waals surface area contributed by atoms with Gasteiger partial charge in [0.2, 0.25) is 5.91 Å². The fraction of sp³-hybridized carbons (Fsp3) is 0.400. The SMILES string of the molecule is Cc1nc2cc(CNC(=O)CC#N)ccc2n1C1CC1. The first-order valence-corrected chi connectivity index (χ1v) is 6.80. The van der Waals surface area contributed by atoms with Gasteiger partial charge in [0.1, 0.15) is 12.2 Å². The van der Waals surface area contributed by atoms with Gasteiger partial charge in [0.25, 0.3) is 0 Å². The molecule has 20 heavy (non-hydrogen) atoms. The van der Waals surface area contributed by atoms with Crippen molar-refractivity contribution in [2.24, 2.45) is 0 Å². The number of amides is 1. The van der Waals surface area contributed by atoms with Gasteiger partial charge in [0.05, 0.1) is 17.1 Å². The third-order valence-electron chi connectivity index (χ3n) is 3.57. The molecule has 0 bridgehead atoms. The van der Waals surface area contributed by atoms with E-state index in [0.717, 1.165) is 22.4 Å². The van der Waals surface area contributed by atoms with Crippen LogP contribution in [-0.2, 0) is 11.3 Å². The molecule has 2 aromatic rings. The van der Waals surface area contributed by atoms with Crippen LogP contribution in [0.15, 0.2) is 18.2 Å². The fourth-order valence-corrected chi connectivity index (χ4v) is 2.50. The first-order valence-electron chi connectivity index (χ1n) is 6.80. The molecule has 3 rings (SSSR count). The predicted molar refractivity (Wildman–Crippen MR) is 74.8 cm³/mol. The summed E-state index contributed by atoms with van der Waals surface area (Å²) in [6, 6.07) is 8.53. The number of fused-ring (bicyclic) bond motifs is 1. The smallest absolute Gasteiger partial charge is 0.234 e. The molecule has 1 aromatic carbocycles. The van der Waals surface area contributed by atoms with Crippen molar-refractivity contribution in [3.05, 3.63) is 29.6 Å². The van der Waals surface area contributed by atoms with Crippen molar-refractivity contribution >= 4 is 16.9 Å². The van der Waals surface area contributed by atoms with Crippen LogP contribution in [0.25, 0.3) is 11.0 Å². The second-order valence-corrected chi connectivity index (χ2v) is 5.19. The van der Waals surface area contributed by atoms with Crippen LogP contribution in [0.2, 0.25) is 0 Å². The van der Waals surface area contributed by atoms with Gasteiger partial charge < -0.3 is 9.88 Å². The van der Waals surface area contributed by atoms with Crippen molar-refractivity contribution in [3.8, 4) is 6.07 Å². The lowest BCUT2D eigenvalue weighted by atomic mass is 10.2. The topological polar surface area (TPSA) is 70.7 Å². The van der Waals surface area contributed by atoms with Gasteiger partial charge in [0, 0.05) is 12.6 Å². The number of benzene rings is 1. The Kier molecular flexibility index (Phi) is 3.15. The average molecular weight is 268 g/mol. The maximum Gasteiger partial charge on any atom is 0.234 e. The van der Waals surface area contributed by atoms with E-state index in [-0.39, 0.29) is 12.3 Å². The van der Waals surface area contributed by atoms with E-state index in [4.69, 9.17) is 5.26 Å². The molecule has 0 atom stereocenters. The minimum atomic E-state index is -0.243. The Morgan fingerprint density at radius 2 is 2.35 bits per heavy atom. The minimum absolute atomic E-state index is 0.0995. The van der Waals surface area contributed by atoms with E-state index in [1.807, 2.05) is 25.1 Å². The van der Waals surface area contributed by atoms with E-state index in [0.29, 0.717) is 12.6 Å². The Balaban J connectivity index is 1.81. The minimum Gasteiger partial charge on any atom is -0.351 e. The largest absolute Gasteiger partial charge is 0.351 e. The monoisotopic (exact) mass is 268 g/mol. The van der Waals surface area contributed by atoms with Gasteiger partial charge in [-0.25, -0.2) is 4.98 Å². The van der Waals surface area contributed by atoms with Crippen LogP contribution in [0.1, 0.15) is 36.7 Å². The Bertz CT molecular complexity index is 706. The molecule has 0 unspecified atom stereocenters. The molecule has 0 radical (unpaired) electrons. The third-order valence-corrected chi connectivity index (χ3v) is 3.57. The standard InChI is InChI=1S/C15H16N4O/c1-10-18-13-8-11(9-17-15(20)6-7-16)2-5-14(13)19(10)12-3-4-12/h2,5,8,12H,3-4,6,9H2,1H3,(H,17,20). The Labute approximate surface area is 117 Å². The number of nitrogens with zero attached hydrogens (tertiary/aromatic N) is 3. The molecule has 1 aliphatic carbocycles. The summed E-state index contributed by atoms with van der Waals surface area (Å²) < 4.78 is 2.30. The molecule has 5 heteroatoms. The highest BCUT2D eigenvalue weighted by Gasteiger charge is 2.26. The molecule has 1 N–H and O–H groups in total. The number of aromatic nitrogens is 2. The second kappa shape index (κ2) is 4.97. The quantitative estimate of drug-likeness (QED) is 0.924. The highest BCUT2D eigenvalue weighted by atomic mass is 16.1. The van der Waals surface area contributed by atoms with Gasteiger partial charge in [-0.15, -0.1) is 0 Å². The molecule has 1 aliphatic rings. The molecular weight excluding hydrogens is 252 g/mol. The first kappa shape index (κ1) is 12.7. The van der Waals surface area contributed by atoms with Crippen molar-refractivity contribution in [2.75, 3.05) is 0 Å². The van der Waals surface area contributed by atoms with E-state index in [2.05, 4.69) is 20.9 Å². The summed E-state index contributed by atoms with van der Waals surface area (Å²) in [6.45, 7) is 2.47. The molecular formula is C15H16N4O. The van der Waals surface area contributed by atoms with Crippen LogP contribution < -0.4 is 5.32 Å². The van der Waals surface area contributed by atoms with Crippen molar-refractivity contribution in [1.29, 1.82) is 5.26 Å². The predicted octanol–water partition coefficient (Wildman–Crippen LogP) is 2.21. The normalized spacial score (nSPS) is 14.2. The van der Waals surface area contributed by atoms with Gasteiger partial charge >= 0.3 is 0 Å². The summed E-state index contributed by atoms with van der Waals surface area (Å²) in [5.74, 6) is 0.806. The van der Waals surface area contributed by atoms with Crippen LogP contribution >= 0.6 is 0 Å². The lowest BCUT2D eigenvalue weighted by Gasteiger charge is -2.05. The van der Waals surface area contributed by atoms with Gasteiger partial charge in [-0.3, -0.25) is 4.79 Å². The van der Waals surface area contributed by atoms with Crippen LogP contribution in [0, 0.1) is 18.3 Å². The molecule has 0 aliphatic heterocycles. The molecule has 0 saturated heterocycles. The second-order valence-electron chi connectivity index (χ2n) is 5.19. The highest BCUT2D eigenvalue weighted by Crippen LogP contribution is 2.38. The van der Waals surface area contributed by atoms with Crippen molar-refractivity contribution in [1.82, 2.24) is 14.9 Å². The zero-order chi connectivity index (χ0) is 14.1. The molecule has 5 nitrogen and oxygen atoms in total. The molecule has 1 fully saturated rings. The number of nitriles is 1. The van der Waals surface area contributed by atoms with Crippen LogP contribution in [0.5, 0.6) is 0 Å². The van der Waals surface area contributed by atoms with Crippen molar-refractivity contribution < 1.29 is 4.79 Å². The van der Waals surface area contributed by atoms with E-state index < -0.39 is 0 Å². The van der Waals surface area contributed by atoms with Crippen molar-refractivity contribution in [2.45, 2.75) is 38.8 Å². The zero-order valence-electron chi connectivity index (χ0n) is 11.4. The van der Waals surface area contributed by atoms with Gasteiger partial charge in [0.15, 0.2) is 0 Å². The summed E-state index contributed by atoms with van der Waals surface area (Å²) in [6.07, 6.45) is 2.37. The van der Waals surface area contributed by atoms with Crippen LogP contribution in [-0.4, -0.2) is 15.5 Å². The molecule has 0 spiro atoms. The maximum absolute atomic E-state index is 11.3. The lowest BCUT2D eigenvalue weighted by Crippen LogP contribution is -2.21. The van der Waals surface area contributed by atoms with Crippen molar-refractivity contribution in [3.63, 3.8) is 0 Å². The maximum atomic E-state index is 11.3. The fourth-order valence-electron chi connectivity index (χ4n) is 2.50. The Morgan fingerprint density at radius 1 is 1.55 bits per heavy atom.